The number of amides is 1. The first kappa shape index (κ1) is 21.5. The van der Waals surface area contributed by atoms with Crippen LogP contribution in [0.15, 0.2) is 59.6 Å². The average molecular weight is 452 g/mol. The molecule has 0 bridgehead atoms. The molecule has 0 fully saturated rings. The maximum absolute atomic E-state index is 13.2. The van der Waals surface area contributed by atoms with Gasteiger partial charge in [-0.15, -0.1) is 11.8 Å². The van der Waals surface area contributed by atoms with Crippen LogP contribution in [0.3, 0.4) is 0 Å². The molecule has 1 unspecified atom stereocenters. The Hall–Kier alpha value is -2.70. The Morgan fingerprint density at radius 2 is 1.94 bits per heavy atom. The van der Waals surface area contributed by atoms with Gasteiger partial charge in [0.25, 0.3) is 0 Å². The van der Waals surface area contributed by atoms with Crippen LogP contribution in [-0.2, 0) is 23.1 Å². The number of nitrogens with one attached hydrogen (secondary N) is 1. The van der Waals surface area contributed by atoms with Crippen molar-refractivity contribution in [1.82, 2.24) is 9.97 Å². The van der Waals surface area contributed by atoms with Gasteiger partial charge in [0.1, 0.15) is 5.82 Å². The Balaban J connectivity index is 1.48. The number of carbonyl (C=O) groups is 2. The van der Waals surface area contributed by atoms with Gasteiger partial charge in [-0.05, 0) is 68.0 Å². The fourth-order valence-corrected chi connectivity index (χ4v) is 4.33. The highest BCUT2D eigenvalue weighted by atomic mass is 35.5. The quantitative estimate of drug-likeness (QED) is 0.545. The third-order valence-electron chi connectivity index (χ3n) is 5.67. The second kappa shape index (κ2) is 8.81. The number of carbonyl (C=O) groups excluding carboxylic acids is 2. The highest BCUT2D eigenvalue weighted by molar-refractivity contribution is 7.98. The number of fused-ring (bicyclic) bond motifs is 1. The van der Waals surface area contributed by atoms with E-state index in [0.29, 0.717) is 40.6 Å². The minimum atomic E-state index is -0.715. The van der Waals surface area contributed by atoms with Crippen molar-refractivity contribution in [2.75, 3.05) is 11.6 Å². The topological polar surface area (TPSA) is 72.0 Å². The van der Waals surface area contributed by atoms with Crippen LogP contribution < -0.4 is 5.32 Å². The fraction of sp³-hybridized carbons (Fsp3) is 0.250. The van der Waals surface area contributed by atoms with Gasteiger partial charge in [-0.3, -0.25) is 14.6 Å². The molecule has 0 saturated heterocycles. The molecule has 1 aliphatic carbocycles. The van der Waals surface area contributed by atoms with Crippen molar-refractivity contribution in [2.45, 2.75) is 36.5 Å². The Morgan fingerprint density at radius 1 is 1.16 bits per heavy atom. The third kappa shape index (κ3) is 4.50. The molecule has 2 aromatic heterocycles. The molecule has 0 aliphatic heterocycles. The predicted octanol–water partition coefficient (Wildman–Crippen LogP) is 5.12. The summed E-state index contributed by atoms with van der Waals surface area (Å²) in [7, 11) is 0. The summed E-state index contributed by atoms with van der Waals surface area (Å²) in [5.41, 5.74) is 2.22. The van der Waals surface area contributed by atoms with Gasteiger partial charge in [-0.25, -0.2) is 4.98 Å². The van der Waals surface area contributed by atoms with Crippen LogP contribution >= 0.6 is 23.4 Å². The van der Waals surface area contributed by atoms with Gasteiger partial charge >= 0.3 is 0 Å². The number of halogens is 1. The Morgan fingerprint density at radius 3 is 2.61 bits per heavy atom. The van der Waals surface area contributed by atoms with Crippen molar-refractivity contribution in [3.05, 3.63) is 82.3 Å². The van der Waals surface area contributed by atoms with Gasteiger partial charge in [0, 0.05) is 16.7 Å². The number of thioether (sulfide) groups is 1. The summed E-state index contributed by atoms with van der Waals surface area (Å²) in [6.45, 7) is 1.91. The molecule has 0 saturated carbocycles. The summed E-state index contributed by atoms with van der Waals surface area (Å²) in [6, 6.07) is 14.9. The largest absolute Gasteiger partial charge is 0.310 e. The van der Waals surface area contributed by atoms with Crippen LogP contribution in [-0.4, -0.2) is 27.9 Å². The van der Waals surface area contributed by atoms with Gasteiger partial charge in [-0.1, -0.05) is 23.7 Å². The summed E-state index contributed by atoms with van der Waals surface area (Å²) >= 11 is 7.61. The molecule has 1 amide bonds. The van der Waals surface area contributed by atoms with Gasteiger partial charge in [0.05, 0.1) is 28.2 Å². The Bertz CT molecular complexity index is 1130. The van der Waals surface area contributed by atoms with Crippen molar-refractivity contribution in [3.63, 3.8) is 0 Å². The maximum atomic E-state index is 13.2. The molecule has 5 nitrogen and oxygen atoms in total. The first-order valence-corrected chi connectivity index (χ1v) is 11.6. The van der Waals surface area contributed by atoms with Gasteiger partial charge in [0.2, 0.25) is 5.91 Å². The summed E-state index contributed by atoms with van der Waals surface area (Å²) in [5, 5.41) is 3.39. The monoisotopic (exact) mass is 451 g/mol. The van der Waals surface area contributed by atoms with Crippen molar-refractivity contribution in [2.24, 2.45) is 0 Å². The second-order valence-corrected chi connectivity index (χ2v) is 9.10. The van der Waals surface area contributed by atoms with Gasteiger partial charge in [-0.2, -0.15) is 0 Å². The number of aromatic nitrogens is 2. The molecule has 1 N–H and O–H groups in total. The van der Waals surface area contributed by atoms with E-state index in [1.807, 2.05) is 37.4 Å². The van der Waals surface area contributed by atoms with E-state index in [1.165, 1.54) is 0 Å². The molecule has 31 heavy (non-hydrogen) atoms. The van der Waals surface area contributed by atoms with E-state index in [0.717, 1.165) is 10.5 Å². The predicted molar refractivity (Wildman–Crippen MR) is 124 cm³/mol. The molecule has 1 aliphatic rings. The molecule has 1 aromatic carbocycles. The molecular formula is C24H22ClN3O2S. The van der Waals surface area contributed by atoms with Crippen LogP contribution in [0.25, 0.3) is 0 Å². The van der Waals surface area contributed by atoms with E-state index >= 15 is 0 Å². The molecule has 3 aromatic rings. The third-order valence-corrected chi connectivity index (χ3v) is 6.63. The normalized spacial score (nSPS) is 17.8. The lowest BCUT2D eigenvalue weighted by Gasteiger charge is -2.32. The number of hydrogen-bond donors (Lipinski definition) is 1. The summed E-state index contributed by atoms with van der Waals surface area (Å²) in [4.78, 5) is 35.8. The van der Waals surface area contributed by atoms with Gasteiger partial charge in [0.15, 0.2) is 5.78 Å². The zero-order valence-electron chi connectivity index (χ0n) is 17.3. The van der Waals surface area contributed by atoms with Crippen LogP contribution in [0.5, 0.6) is 0 Å². The number of aryl methyl sites for hydroxylation is 1. The van der Waals surface area contributed by atoms with E-state index in [9.17, 15) is 9.59 Å². The first-order chi connectivity index (χ1) is 14.9. The zero-order chi connectivity index (χ0) is 22.0. The minimum absolute atomic E-state index is 0.0113. The maximum Gasteiger partial charge on any atom is 0.229 e. The smallest absolute Gasteiger partial charge is 0.229 e. The number of benzene rings is 1. The molecule has 1 atom stereocenters. The summed E-state index contributed by atoms with van der Waals surface area (Å²) in [6.07, 6.45) is 5.08. The minimum Gasteiger partial charge on any atom is -0.310 e. The van der Waals surface area contributed by atoms with Crippen molar-refractivity contribution in [1.29, 1.82) is 0 Å². The van der Waals surface area contributed by atoms with Crippen molar-refractivity contribution >= 4 is 40.9 Å². The number of rotatable bonds is 5. The highest BCUT2D eigenvalue weighted by Gasteiger charge is 2.41. The zero-order valence-corrected chi connectivity index (χ0v) is 18.9. The molecule has 0 spiro atoms. The summed E-state index contributed by atoms with van der Waals surface area (Å²) in [5.74, 6) is 0.315. The van der Waals surface area contributed by atoms with E-state index < -0.39 is 5.41 Å². The number of pyridine rings is 2. The highest BCUT2D eigenvalue weighted by Crippen LogP contribution is 2.37. The van der Waals surface area contributed by atoms with E-state index in [2.05, 4.69) is 15.3 Å². The van der Waals surface area contributed by atoms with Crippen molar-refractivity contribution < 1.29 is 9.59 Å². The number of hydrogen-bond acceptors (Lipinski definition) is 5. The Labute approximate surface area is 190 Å². The lowest BCUT2D eigenvalue weighted by molar-refractivity contribution is -0.115. The van der Waals surface area contributed by atoms with Crippen molar-refractivity contribution in [3.8, 4) is 0 Å². The summed E-state index contributed by atoms with van der Waals surface area (Å²) < 4.78 is 0. The standard InChI is InChI=1S/C24H22ClN3O2S/c1-24(20-9-5-16(25)14-26-20)12-11-19-18(23(24)30)8-10-21(27-19)28-22(29)13-15-3-6-17(31-2)7-4-15/h3-10,14H,11-13H2,1-2H3,(H,27,28,29). The lowest BCUT2D eigenvalue weighted by atomic mass is 9.71. The number of anilines is 1. The van der Waals surface area contributed by atoms with E-state index in [4.69, 9.17) is 11.6 Å². The van der Waals surface area contributed by atoms with E-state index in [1.54, 1.807) is 42.2 Å². The van der Waals surface area contributed by atoms with Gasteiger partial charge < -0.3 is 5.32 Å². The van der Waals surface area contributed by atoms with E-state index in [-0.39, 0.29) is 18.1 Å². The molecule has 158 valence electrons. The molecule has 4 rings (SSSR count). The molecule has 2 heterocycles. The molecular weight excluding hydrogens is 430 g/mol. The molecule has 0 radical (unpaired) electrons. The fourth-order valence-electron chi connectivity index (χ4n) is 3.81. The van der Waals surface area contributed by atoms with Crippen LogP contribution in [0.1, 0.15) is 40.7 Å². The van der Waals surface area contributed by atoms with Crippen LogP contribution in [0.2, 0.25) is 5.02 Å². The Kier molecular flexibility index (Phi) is 6.12. The number of ketones is 1. The first-order valence-electron chi connectivity index (χ1n) is 9.98. The second-order valence-electron chi connectivity index (χ2n) is 7.79. The average Bonchev–Trinajstić information content (AvgIpc) is 2.77. The van der Waals surface area contributed by atoms with Crippen LogP contribution in [0.4, 0.5) is 5.82 Å². The molecule has 7 heteroatoms. The van der Waals surface area contributed by atoms with Crippen LogP contribution in [0, 0.1) is 0 Å². The number of Topliss-reactive ketones (excluding diaryl/α,β-unsaturated/α-hetero) is 1. The number of nitrogens with zero attached hydrogens (tertiary/aromatic N) is 2. The lowest BCUT2D eigenvalue weighted by Crippen LogP contribution is -2.38. The SMILES string of the molecule is CSc1ccc(CC(=O)Nc2ccc3c(n2)CCC(C)(c2ccc(Cl)cn2)C3=O)cc1.